The Morgan fingerprint density at radius 2 is 1.59 bits per heavy atom. The number of fused-ring (bicyclic) bond motifs is 1. The lowest BCUT2D eigenvalue weighted by molar-refractivity contribution is 0.0698. The summed E-state index contributed by atoms with van der Waals surface area (Å²) in [5.74, 6) is -0.913. The number of carbonyl (C=O) groups is 1. The Hall–Kier alpha value is -2.68. The van der Waals surface area contributed by atoms with Crippen LogP contribution in [0.25, 0.3) is 22.2 Å². The lowest BCUT2D eigenvalue weighted by Gasteiger charge is -2.12. The van der Waals surface area contributed by atoms with Crippen molar-refractivity contribution in [1.82, 2.24) is 4.98 Å². The second-order valence-corrected chi connectivity index (χ2v) is 5.65. The second-order valence-electron chi connectivity index (χ2n) is 5.65. The average molecular weight is 291 g/mol. The zero-order valence-electron chi connectivity index (χ0n) is 12.8. The van der Waals surface area contributed by atoms with Gasteiger partial charge in [0.2, 0.25) is 0 Å². The topological polar surface area (TPSA) is 50.2 Å². The highest BCUT2D eigenvalue weighted by Crippen LogP contribution is 2.30. The highest BCUT2D eigenvalue weighted by Gasteiger charge is 2.18. The van der Waals surface area contributed by atoms with E-state index in [1.54, 1.807) is 0 Å². The second kappa shape index (κ2) is 5.26. The van der Waals surface area contributed by atoms with Crippen LogP contribution in [0.15, 0.2) is 42.5 Å². The molecule has 1 heterocycles. The van der Waals surface area contributed by atoms with E-state index in [1.165, 1.54) is 0 Å². The number of benzene rings is 2. The minimum atomic E-state index is -0.913. The fourth-order valence-electron chi connectivity index (χ4n) is 2.74. The average Bonchev–Trinajstić information content (AvgIpc) is 2.47. The molecule has 0 spiro atoms. The van der Waals surface area contributed by atoms with Gasteiger partial charge in [0.05, 0.1) is 16.8 Å². The molecule has 0 unspecified atom stereocenters. The Bertz CT molecular complexity index is 880. The number of aromatic nitrogens is 1. The molecule has 0 saturated carbocycles. The van der Waals surface area contributed by atoms with Crippen LogP contribution in [0.1, 0.15) is 27.0 Å². The quantitative estimate of drug-likeness (QED) is 0.755. The standard InChI is InChI=1S/C19H17NO2/c1-11-4-7-14(8-5-11)18-13(3)17(19(21)22)15-10-12(2)6-9-16(15)20-18/h4-10H,1-3H3,(H,21,22). The van der Waals surface area contributed by atoms with E-state index in [0.29, 0.717) is 22.0 Å². The van der Waals surface area contributed by atoms with Gasteiger partial charge in [0.15, 0.2) is 0 Å². The normalized spacial score (nSPS) is 10.9. The van der Waals surface area contributed by atoms with Crippen LogP contribution in [0.3, 0.4) is 0 Å². The van der Waals surface area contributed by atoms with Gasteiger partial charge in [0.1, 0.15) is 0 Å². The molecule has 3 heteroatoms. The molecule has 0 aliphatic rings. The molecule has 0 atom stereocenters. The highest BCUT2D eigenvalue weighted by molar-refractivity contribution is 6.05. The molecule has 1 N–H and O–H groups in total. The Morgan fingerprint density at radius 3 is 2.23 bits per heavy atom. The number of nitrogens with zero attached hydrogens (tertiary/aromatic N) is 1. The van der Waals surface area contributed by atoms with Crippen molar-refractivity contribution in [2.75, 3.05) is 0 Å². The molecule has 0 aliphatic heterocycles. The molecule has 0 radical (unpaired) electrons. The molecule has 0 aliphatic carbocycles. The van der Waals surface area contributed by atoms with Gasteiger partial charge in [-0.05, 0) is 38.5 Å². The first-order valence-corrected chi connectivity index (χ1v) is 7.18. The summed E-state index contributed by atoms with van der Waals surface area (Å²) in [6, 6.07) is 13.7. The zero-order chi connectivity index (χ0) is 15.9. The SMILES string of the molecule is Cc1ccc(-c2nc3ccc(C)cc3c(C(=O)O)c2C)cc1. The van der Waals surface area contributed by atoms with E-state index in [0.717, 1.165) is 22.4 Å². The van der Waals surface area contributed by atoms with Crippen molar-refractivity contribution in [3.05, 3.63) is 64.7 Å². The van der Waals surface area contributed by atoms with Crippen LogP contribution in [0.4, 0.5) is 0 Å². The van der Waals surface area contributed by atoms with E-state index in [4.69, 9.17) is 4.98 Å². The Morgan fingerprint density at radius 1 is 0.955 bits per heavy atom. The molecular formula is C19H17NO2. The number of hydrogen-bond acceptors (Lipinski definition) is 2. The van der Waals surface area contributed by atoms with Gasteiger partial charge in [-0.2, -0.15) is 0 Å². The van der Waals surface area contributed by atoms with Crippen molar-refractivity contribution in [2.45, 2.75) is 20.8 Å². The third-order valence-electron chi connectivity index (χ3n) is 3.92. The van der Waals surface area contributed by atoms with Gasteiger partial charge >= 0.3 is 5.97 Å². The largest absolute Gasteiger partial charge is 0.478 e. The maximum absolute atomic E-state index is 11.8. The Kier molecular flexibility index (Phi) is 3.41. The van der Waals surface area contributed by atoms with Crippen LogP contribution < -0.4 is 0 Å². The molecular weight excluding hydrogens is 274 g/mol. The first kappa shape index (κ1) is 14.3. The molecule has 3 aromatic rings. The fourth-order valence-corrected chi connectivity index (χ4v) is 2.74. The van der Waals surface area contributed by atoms with Crippen LogP contribution in [0.5, 0.6) is 0 Å². The molecule has 0 saturated heterocycles. The number of carboxylic acids is 1. The highest BCUT2D eigenvalue weighted by atomic mass is 16.4. The van der Waals surface area contributed by atoms with Crippen molar-refractivity contribution >= 4 is 16.9 Å². The van der Waals surface area contributed by atoms with E-state index in [2.05, 4.69) is 0 Å². The Labute approximate surface area is 129 Å². The minimum absolute atomic E-state index is 0.337. The van der Waals surface area contributed by atoms with Gasteiger partial charge < -0.3 is 5.11 Å². The van der Waals surface area contributed by atoms with E-state index in [9.17, 15) is 9.90 Å². The van der Waals surface area contributed by atoms with Gasteiger partial charge in [0.25, 0.3) is 0 Å². The summed E-state index contributed by atoms with van der Waals surface area (Å²) in [4.78, 5) is 16.5. The maximum atomic E-state index is 11.8. The summed E-state index contributed by atoms with van der Waals surface area (Å²) in [5, 5.41) is 10.3. The molecule has 22 heavy (non-hydrogen) atoms. The molecule has 3 nitrogen and oxygen atoms in total. The van der Waals surface area contributed by atoms with Crippen LogP contribution in [-0.2, 0) is 0 Å². The molecule has 0 fully saturated rings. The number of hydrogen-bond donors (Lipinski definition) is 1. The van der Waals surface area contributed by atoms with Gasteiger partial charge in [-0.25, -0.2) is 9.78 Å². The first-order chi connectivity index (χ1) is 10.5. The number of carboxylic acid groups (broad SMARTS) is 1. The van der Waals surface area contributed by atoms with Crippen LogP contribution in [0, 0.1) is 20.8 Å². The lowest BCUT2D eigenvalue weighted by atomic mass is 9.96. The number of rotatable bonds is 2. The zero-order valence-corrected chi connectivity index (χ0v) is 12.8. The predicted octanol–water partition coefficient (Wildman–Crippen LogP) is 4.53. The number of pyridine rings is 1. The number of aromatic carboxylic acids is 1. The van der Waals surface area contributed by atoms with E-state index >= 15 is 0 Å². The van der Waals surface area contributed by atoms with E-state index in [-0.39, 0.29) is 0 Å². The summed E-state index contributed by atoms with van der Waals surface area (Å²) < 4.78 is 0. The molecule has 1 aromatic heterocycles. The van der Waals surface area contributed by atoms with Crippen molar-refractivity contribution in [3.8, 4) is 11.3 Å². The third kappa shape index (κ3) is 2.35. The van der Waals surface area contributed by atoms with Crippen LogP contribution in [0.2, 0.25) is 0 Å². The summed E-state index contributed by atoms with van der Waals surface area (Å²) >= 11 is 0. The summed E-state index contributed by atoms with van der Waals surface area (Å²) in [6.45, 7) is 5.80. The lowest BCUT2D eigenvalue weighted by Crippen LogP contribution is -2.05. The van der Waals surface area contributed by atoms with Crippen molar-refractivity contribution in [1.29, 1.82) is 0 Å². The maximum Gasteiger partial charge on any atom is 0.336 e. The van der Waals surface area contributed by atoms with E-state index < -0.39 is 5.97 Å². The summed E-state index contributed by atoms with van der Waals surface area (Å²) in [6.07, 6.45) is 0. The summed E-state index contributed by atoms with van der Waals surface area (Å²) in [5.41, 5.74) is 5.61. The molecule has 0 bridgehead atoms. The third-order valence-corrected chi connectivity index (χ3v) is 3.92. The Balaban J connectivity index is 2.37. The smallest absolute Gasteiger partial charge is 0.336 e. The molecule has 2 aromatic carbocycles. The van der Waals surface area contributed by atoms with Crippen LogP contribution >= 0.6 is 0 Å². The van der Waals surface area contributed by atoms with Crippen molar-refractivity contribution in [3.63, 3.8) is 0 Å². The number of aryl methyl sites for hydroxylation is 2. The molecule has 0 amide bonds. The minimum Gasteiger partial charge on any atom is -0.478 e. The van der Waals surface area contributed by atoms with Crippen molar-refractivity contribution < 1.29 is 9.90 Å². The monoisotopic (exact) mass is 291 g/mol. The van der Waals surface area contributed by atoms with Crippen LogP contribution in [-0.4, -0.2) is 16.1 Å². The predicted molar refractivity (Wildman–Crippen MR) is 88.3 cm³/mol. The fraction of sp³-hybridized carbons (Fsp3) is 0.158. The molecule has 110 valence electrons. The van der Waals surface area contributed by atoms with Gasteiger partial charge in [-0.3, -0.25) is 0 Å². The summed E-state index contributed by atoms with van der Waals surface area (Å²) in [7, 11) is 0. The van der Waals surface area contributed by atoms with Gasteiger partial charge in [-0.15, -0.1) is 0 Å². The molecule has 3 rings (SSSR count). The van der Waals surface area contributed by atoms with Crippen molar-refractivity contribution in [2.24, 2.45) is 0 Å². The van der Waals surface area contributed by atoms with Gasteiger partial charge in [-0.1, -0.05) is 41.5 Å². The van der Waals surface area contributed by atoms with Gasteiger partial charge in [0, 0.05) is 10.9 Å². The van der Waals surface area contributed by atoms with E-state index in [1.807, 2.05) is 63.2 Å². The first-order valence-electron chi connectivity index (χ1n) is 7.18.